The molecule has 0 aliphatic heterocycles. The molecule has 1 unspecified atom stereocenters. The lowest BCUT2D eigenvalue weighted by atomic mass is 10.3. The Kier molecular flexibility index (Phi) is 6.20. The van der Waals surface area contributed by atoms with Crippen molar-refractivity contribution in [2.45, 2.75) is 19.9 Å². The fourth-order valence-corrected chi connectivity index (χ4v) is 3.91. The normalized spacial score (nSPS) is 14.6. The molecule has 0 aliphatic carbocycles. The smallest absolute Gasteiger partial charge is 0.312 e. The molecule has 1 aromatic rings. The van der Waals surface area contributed by atoms with Gasteiger partial charge in [0.15, 0.2) is 0 Å². The summed E-state index contributed by atoms with van der Waals surface area (Å²) in [7, 11) is 1.49. The molecule has 0 radical (unpaired) electrons. The van der Waals surface area contributed by atoms with Gasteiger partial charge in [0.2, 0.25) is 0 Å². The first kappa shape index (κ1) is 16.5. The molecule has 0 spiro atoms. The van der Waals surface area contributed by atoms with Gasteiger partial charge in [-0.2, -0.15) is 0 Å². The highest BCUT2D eigenvalue weighted by Crippen LogP contribution is 2.47. The second kappa shape index (κ2) is 6.76. The maximum Gasteiger partial charge on any atom is 0.312 e. The standard InChI is InChI=1S/C10H13Cl3NO2PS/c1-6(2)14-17(18,15-3)16-10-5-8(12)7(11)4-9(10)13/h4-6H,1-3H3,(H,14,18). The van der Waals surface area contributed by atoms with E-state index < -0.39 is 6.64 Å². The molecule has 1 N–H and O–H groups in total. The van der Waals surface area contributed by atoms with Gasteiger partial charge in [-0.1, -0.05) is 34.8 Å². The van der Waals surface area contributed by atoms with Gasteiger partial charge < -0.3 is 9.05 Å². The largest absolute Gasteiger partial charge is 0.431 e. The van der Waals surface area contributed by atoms with Gasteiger partial charge in [0.25, 0.3) is 0 Å². The first-order chi connectivity index (χ1) is 8.27. The van der Waals surface area contributed by atoms with Gasteiger partial charge in [-0.05, 0) is 31.7 Å². The molecule has 1 aromatic carbocycles. The van der Waals surface area contributed by atoms with Gasteiger partial charge in [-0.25, -0.2) is 5.09 Å². The van der Waals surface area contributed by atoms with Crippen LogP contribution >= 0.6 is 41.4 Å². The summed E-state index contributed by atoms with van der Waals surface area (Å²) in [6.45, 7) is 1.25. The Morgan fingerprint density at radius 1 is 1.17 bits per heavy atom. The molecule has 8 heteroatoms. The molecule has 0 saturated heterocycles. The Labute approximate surface area is 127 Å². The summed E-state index contributed by atoms with van der Waals surface area (Å²) < 4.78 is 10.9. The van der Waals surface area contributed by atoms with Crippen molar-refractivity contribution in [1.29, 1.82) is 0 Å². The molecular weight excluding hydrogens is 336 g/mol. The monoisotopic (exact) mass is 347 g/mol. The summed E-state index contributed by atoms with van der Waals surface area (Å²) in [6, 6.07) is 3.15. The van der Waals surface area contributed by atoms with Crippen LogP contribution in [0.15, 0.2) is 12.1 Å². The van der Waals surface area contributed by atoms with Gasteiger partial charge in [0, 0.05) is 19.2 Å². The minimum atomic E-state index is -2.64. The van der Waals surface area contributed by atoms with Gasteiger partial charge in [-0.15, -0.1) is 0 Å². The van der Waals surface area contributed by atoms with Crippen molar-refractivity contribution in [3.05, 3.63) is 27.2 Å². The second-order valence-corrected chi connectivity index (χ2v) is 8.22. The van der Waals surface area contributed by atoms with Crippen LogP contribution in [0.1, 0.15) is 13.8 Å². The summed E-state index contributed by atoms with van der Waals surface area (Å²) in [4.78, 5) is 0. The Bertz CT molecular complexity index is 484. The van der Waals surface area contributed by atoms with Crippen LogP contribution in [-0.2, 0) is 16.3 Å². The number of rotatable bonds is 5. The van der Waals surface area contributed by atoms with Crippen LogP contribution in [0.5, 0.6) is 5.75 Å². The topological polar surface area (TPSA) is 30.5 Å². The minimum Gasteiger partial charge on any atom is -0.431 e. The molecule has 0 saturated carbocycles. The van der Waals surface area contributed by atoms with Crippen LogP contribution in [-0.4, -0.2) is 13.2 Å². The summed E-state index contributed by atoms with van der Waals surface area (Å²) in [6.07, 6.45) is 0. The van der Waals surface area contributed by atoms with E-state index in [2.05, 4.69) is 5.09 Å². The average Bonchev–Trinajstić information content (AvgIpc) is 2.25. The van der Waals surface area contributed by atoms with Crippen LogP contribution in [0.2, 0.25) is 15.1 Å². The molecular formula is C10H13Cl3NO2PS. The quantitative estimate of drug-likeness (QED) is 0.606. The van der Waals surface area contributed by atoms with Gasteiger partial charge in [0.05, 0.1) is 15.1 Å². The van der Waals surface area contributed by atoms with Gasteiger partial charge in [-0.3, -0.25) is 0 Å². The predicted octanol–water partition coefficient (Wildman–Crippen LogP) is 4.89. The fourth-order valence-electron chi connectivity index (χ4n) is 1.14. The average molecular weight is 349 g/mol. The fraction of sp³-hybridized carbons (Fsp3) is 0.400. The minimum absolute atomic E-state index is 0.123. The maximum atomic E-state index is 6.02. The van der Waals surface area contributed by atoms with Crippen molar-refractivity contribution in [2.75, 3.05) is 7.11 Å². The van der Waals surface area contributed by atoms with E-state index in [1.807, 2.05) is 13.8 Å². The van der Waals surface area contributed by atoms with E-state index in [1.165, 1.54) is 19.2 Å². The summed E-state index contributed by atoms with van der Waals surface area (Å²) >= 11 is 23.1. The van der Waals surface area contributed by atoms with Crippen LogP contribution < -0.4 is 9.61 Å². The zero-order chi connectivity index (χ0) is 13.9. The zero-order valence-electron chi connectivity index (χ0n) is 10.0. The van der Waals surface area contributed by atoms with Crippen LogP contribution in [0.3, 0.4) is 0 Å². The molecule has 0 aromatic heterocycles. The SMILES string of the molecule is COP(=S)(NC(C)C)Oc1cc(Cl)c(Cl)cc1Cl. The molecule has 0 amide bonds. The molecule has 18 heavy (non-hydrogen) atoms. The highest BCUT2D eigenvalue weighted by atomic mass is 35.5. The number of halogens is 3. The van der Waals surface area contributed by atoms with Crippen LogP contribution in [0.25, 0.3) is 0 Å². The maximum absolute atomic E-state index is 6.02. The van der Waals surface area contributed by atoms with Crippen molar-refractivity contribution >= 4 is 53.3 Å². The number of nitrogens with one attached hydrogen (secondary N) is 1. The molecule has 0 fully saturated rings. The molecule has 102 valence electrons. The lowest BCUT2D eigenvalue weighted by Gasteiger charge is -2.24. The van der Waals surface area contributed by atoms with E-state index in [-0.39, 0.29) is 6.04 Å². The van der Waals surface area contributed by atoms with Crippen molar-refractivity contribution in [2.24, 2.45) is 0 Å². The molecule has 0 bridgehead atoms. The Hall–Kier alpha value is 0.460. The molecule has 0 heterocycles. The lowest BCUT2D eigenvalue weighted by molar-refractivity contribution is 0.375. The van der Waals surface area contributed by atoms with Gasteiger partial charge in [0.1, 0.15) is 5.75 Å². The van der Waals surface area contributed by atoms with Crippen molar-refractivity contribution in [3.63, 3.8) is 0 Å². The van der Waals surface area contributed by atoms with E-state index in [1.54, 1.807) is 0 Å². The molecule has 1 atom stereocenters. The van der Waals surface area contributed by atoms with Crippen molar-refractivity contribution in [1.82, 2.24) is 5.09 Å². The van der Waals surface area contributed by atoms with Crippen molar-refractivity contribution in [3.8, 4) is 5.75 Å². The Balaban J connectivity index is 3.02. The van der Waals surface area contributed by atoms with E-state index in [9.17, 15) is 0 Å². The highest BCUT2D eigenvalue weighted by Gasteiger charge is 2.22. The summed E-state index contributed by atoms with van der Waals surface area (Å²) in [5.74, 6) is 0.351. The second-order valence-electron chi connectivity index (χ2n) is 3.75. The van der Waals surface area contributed by atoms with Gasteiger partial charge >= 0.3 is 6.64 Å². The Morgan fingerprint density at radius 3 is 2.22 bits per heavy atom. The zero-order valence-corrected chi connectivity index (χ0v) is 14.0. The Morgan fingerprint density at radius 2 is 1.72 bits per heavy atom. The van der Waals surface area contributed by atoms with E-state index in [0.717, 1.165) is 0 Å². The highest BCUT2D eigenvalue weighted by molar-refractivity contribution is 8.09. The number of benzene rings is 1. The lowest BCUT2D eigenvalue weighted by Crippen LogP contribution is -2.22. The molecule has 3 nitrogen and oxygen atoms in total. The number of hydrogen-bond donors (Lipinski definition) is 1. The first-order valence-corrected chi connectivity index (χ1v) is 8.82. The van der Waals surface area contributed by atoms with E-state index in [0.29, 0.717) is 20.8 Å². The third-order valence-electron chi connectivity index (χ3n) is 1.85. The third-order valence-corrected chi connectivity index (χ3v) is 5.60. The van der Waals surface area contributed by atoms with E-state index >= 15 is 0 Å². The van der Waals surface area contributed by atoms with E-state index in [4.69, 9.17) is 55.7 Å². The predicted molar refractivity (Wildman–Crippen MR) is 81.7 cm³/mol. The van der Waals surface area contributed by atoms with Crippen LogP contribution in [0, 0.1) is 0 Å². The first-order valence-electron chi connectivity index (χ1n) is 5.05. The third kappa shape index (κ3) is 4.53. The van der Waals surface area contributed by atoms with Crippen molar-refractivity contribution < 1.29 is 9.05 Å². The molecule has 0 aliphatic rings. The number of hydrogen-bond acceptors (Lipinski definition) is 3. The summed E-state index contributed by atoms with van der Waals surface area (Å²) in [5.41, 5.74) is 0. The molecule has 1 rings (SSSR count). The van der Waals surface area contributed by atoms with Crippen LogP contribution in [0.4, 0.5) is 0 Å². The summed E-state index contributed by atoms with van der Waals surface area (Å²) in [5, 5.41) is 4.10.